The lowest BCUT2D eigenvalue weighted by Crippen LogP contribution is -2.35. The first kappa shape index (κ1) is 8.49. The van der Waals surface area contributed by atoms with Crippen LogP contribution in [0.15, 0.2) is 0 Å². The van der Waals surface area contributed by atoms with E-state index in [0.29, 0.717) is 13.2 Å². The third-order valence-corrected chi connectivity index (χ3v) is 1.69. The first-order valence-corrected chi connectivity index (χ1v) is 3.87. The molecular formula is C7H14N2O2. The molecule has 0 aromatic rings. The average molecular weight is 158 g/mol. The number of primary amides is 1. The predicted molar refractivity (Wildman–Crippen MR) is 41.1 cm³/mol. The first-order valence-electron chi connectivity index (χ1n) is 3.87. The van der Waals surface area contributed by atoms with E-state index in [9.17, 15) is 4.79 Å². The smallest absolute Gasteiger partial charge is 0.231 e. The molecule has 64 valence electrons. The van der Waals surface area contributed by atoms with E-state index in [1.165, 1.54) is 0 Å². The first-order chi connectivity index (χ1) is 5.29. The van der Waals surface area contributed by atoms with Crippen molar-refractivity contribution in [2.45, 2.75) is 6.42 Å². The summed E-state index contributed by atoms with van der Waals surface area (Å²) in [6.45, 7) is 3.62. The SMILES string of the molecule is NC(=O)CN1CCCOCC1. The van der Waals surface area contributed by atoms with Crippen LogP contribution in [0.4, 0.5) is 0 Å². The second-order valence-electron chi connectivity index (χ2n) is 2.71. The molecule has 0 aliphatic carbocycles. The molecule has 2 N–H and O–H groups in total. The Balaban J connectivity index is 2.25. The maximum Gasteiger partial charge on any atom is 0.231 e. The molecule has 1 aliphatic heterocycles. The van der Waals surface area contributed by atoms with Gasteiger partial charge in [-0.05, 0) is 6.42 Å². The van der Waals surface area contributed by atoms with Gasteiger partial charge in [-0.25, -0.2) is 0 Å². The highest BCUT2D eigenvalue weighted by Gasteiger charge is 2.10. The molecular weight excluding hydrogens is 144 g/mol. The van der Waals surface area contributed by atoms with Gasteiger partial charge in [0, 0.05) is 19.7 Å². The van der Waals surface area contributed by atoms with Crippen molar-refractivity contribution >= 4 is 5.91 Å². The summed E-state index contributed by atoms with van der Waals surface area (Å²) in [4.78, 5) is 12.5. The molecule has 0 unspecified atom stereocenters. The Kier molecular flexibility index (Phi) is 3.32. The minimum atomic E-state index is -0.257. The number of nitrogens with zero attached hydrogens (tertiary/aromatic N) is 1. The number of nitrogens with two attached hydrogens (primary N) is 1. The average Bonchev–Trinajstić information content (AvgIpc) is 2.14. The van der Waals surface area contributed by atoms with Gasteiger partial charge in [-0.1, -0.05) is 0 Å². The lowest BCUT2D eigenvalue weighted by Gasteiger charge is -2.15. The fraction of sp³-hybridized carbons (Fsp3) is 0.857. The maximum atomic E-state index is 10.5. The zero-order valence-corrected chi connectivity index (χ0v) is 6.58. The summed E-state index contributed by atoms with van der Waals surface area (Å²) in [5.41, 5.74) is 5.05. The van der Waals surface area contributed by atoms with Gasteiger partial charge in [0.25, 0.3) is 0 Å². The predicted octanol–water partition coefficient (Wildman–Crippen LogP) is -0.806. The van der Waals surface area contributed by atoms with Gasteiger partial charge in [-0.3, -0.25) is 9.69 Å². The zero-order chi connectivity index (χ0) is 8.10. The number of carbonyl (C=O) groups excluding carboxylic acids is 1. The van der Waals surface area contributed by atoms with Gasteiger partial charge in [0.1, 0.15) is 0 Å². The monoisotopic (exact) mass is 158 g/mol. The molecule has 0 aromatic carbocycles. The second kappa shape index (κ2) is 4.31. The van der Waals surface area contributed by atoms with Crippen LogP contribution in [0, 0.1) is 0 Å². The minimum Gasteiger partial charge on any atom is -0.380 e. The molecule has 4 heteroatoms. The van der Waals surface area contributed by atoms with Crippen molar-refractivity contribution in [2.24, 2.45) is 5.73 Å². The third-order valence-electron chi connectivity index (χ3n) is 1.69. The fourth-order valence-electron chi connectivity index (χ4n) is 1.18. The minimum absolute atomic E-state index is 0.257. The Labute approximate surface area is 66.3 Å². The molecule has 1 aliphatic rings. The van der Waals surface area contributed by atoms with Crippen molar-refractivity contribution < 1.29 is 9.53 Å². The van der Waals surface area contributed by atoms with Crippen LogP contribution < -0.4 is 5.73 Å². The molecule has 0 atom stereocenters. The van der Waals surface area contributed by atoms with Crippen molar-refractivity contribution in [1.29, 1.82) is 0 Å². The van der Waals surface area contributed by atoms with E-state index in [1.807, 2.05) is 4.90 Å². The van der Waals surface area contributed by atoms with Crippen LogP contribution in [0.3, 0.4) is 0 Å². The normalized spacial score (nSPS) is 21.1. The molecule has 1 amide bonds. The number of amides is 1. The van der Waals surface area contributed by atoms with Crippen LogP contribution in [0.1, 0.15) is 6.42 Å². The van der Waals surface area contributed by atoms with E-state index < -0.39 is 0 Å². The molecule has 0 aromatic heterocycles. The third kappa shape index (κ3) is 3.34. The van der Waals surface area contributed by atoms with Crippen molar-refractivity contribution in [2.75, 3.05) is 32.8 Å². The molecule has 1 fully saturated rings. The van der Waals surface area contributed by atoms with Crippen LogP contribution in [0.5, 0.6) is 0 Å². The summed E-state index contributed by atoms with van der Waals surface area (Å²) < 4.78 is 5.21. The molecule has 4 nitrogen and oxygen atoms in total. The van der Waals surface area contributed by atoms with Gasteiger partial charge in [-0.2, -0.15) is 0 Å². The number of hydrogen-bond acceptors (Lipinski definition) is 3. The summed E-state index contributed by atoms with van der Waals surface area (Å²) in [5.74, 6) is -0.257. The zero-order valence-electron chi connectivity index (χ0n) is 6.58. The van der Waals surface area contributed by atoms with E-state index in [0.717, 1.165) is 26.1 Å². The Hall–Kier alpha value is -0.610. The molecule has 1 saturated heterocycles. The molecule has 1 rings (SSSR count). The second-order valence-corrected chi connectivity index (χ2v) is 2.71. The highest BCUT2D eigenvalue weighted by molar-refractivity contribution is 5.75. The highest BCUT2D eigenvalue weighted by atomic mass is 16.5. The van der Waals surface area contributed by atoms with E-state index >= 15 is 0 Å². The number of ether oxygens (including phenoxy) is 1. The van der Waals surface area contributed by atoms with Gasteiger partial charge >= 0.3 is 0 Å². The highest BCUT2D eigenvalue weighted by Crippen LogP contribution is 1.97. The van der Waals surface area contributed by atoms with E-state index in [-0.39, 0.29) is 5.91 Å². The molecule has 0 radical (unpaired) electrons. The molecule has 0 saturated carbocycles. The largest absolute Gasteiger partial charge is 0.380 e. The fourth-order valence-corrected chi connectivity index (χ4v) is 1.18. The van der Waals surface area contributed by atoms with Crippen molar-refractivity contribution in [3.05, 3.63) is 0 Å². The number of rotatable bonds is 2. The molecule has 0 spiro atoms. The Morgan fingerprint density at radius 1 is 1.45 bits per heavy atom. The number of carbonyl (C=O) groups is 1. The summed E-state index contributed by atoms with van der Waals surface area (Å²) in [6, 6.07) is 0. The topological polar surface area (TPSA) is 55.6 Å². The van der Waals surface area contributed by atoms with E-state index in [1.54, 1.807) is 0 Å². The van der Waals surface area contributed by atoms with Crippen LogP contribution in [0.2, 0.25) is 0 Å². The van der Waals surface area contributed by atoms with Crippen molar-refractivity contribution in [3.8, 4) is 0 Å². The number of hydrogen-bond donors (Lipinski definition) is 1. The van der Waals surface area contributed by atoms with E-state index in [2.05, 4.69) is 0 Å². The quantitative estimate of drug-likeness (QED) is 0.572. The van der Waals surface area contributed by atoms with Crippen LogP contribution >= 0.6 is 0 Å². The lowest BCUT2D eigenvalue weighted by molar-refractivity contribution is -0.119. The van der Waals surface area contributed by atoms with Crippen molar-refractivity contribution in [3.63, 3.8) is 0 Å². The van der Waals surface area contributed by atoms with Crippen LogP contribution in [0.25, 0.3) is 0 Å². The van der Waals surface area contributed by atoms with Gasteiger partial charge in [0.2, 0.25) is 5.91 Å². The molecule has 0 bridgehead atoms. The van der Waals surface area contributed by atoms with E-state index in [4.69, 9.17) is 10.5 Å². The summed E-state index contributed by atoms with van der Waals surface area (Å²) in [5, 5.41) is 0. The summed E-state index contributed by atoms with van der Waals surface area (Å²) >= 11 is 0. The lowest BCUT2D eigenvalue weighted by atomic mass is 10.4. The van der Waals surface area contributed by atoms with Gasteiger partial charge < -0.3 is 10.5 Å². The molecule has 11 heavy (non-hydrogen) atoms. The summed E-state index contributed by atoms with van der Waals surface area (Å²) in [7, 11) is 0. The summed E-state index contributed by atoms with van der Waals surface area (Å²) in [6.07, 6.45) is 0.993. The maximum absolute atomic E-state index is 10.5. The molecule has 1 heterocycles. The van der Waals surface area contributed by atoms with Gasteiger partial charge in [0.05, 0.1) is 13.2 Å². The Morgan fingerprint density at radius 2 is 2.27 bits per heavy atom. The van der Waals surface area contributed by atoms with Crippen LogP contribution in [-0.2, 0) is 9.53 Å². The van der Waals surface area contributed by atoms with Crippen LogP contribution in [-0.4, -0.2) is 43.7 Å². The standard InChI is InChI=1S/C7H14N2O2/c8-7(10)6-9-2-1-4-11-5-3-9/h1-6H2,(H2,8,10). The Bertz CT molecular complexity index is 130. The van der Waals surface area contributed by atoms with Gasteiger partial charge in [-0.15, -0.1) is 0 Å². The van der Waals surface area contributed by atoms with Gasteiger partial charge in [0.15, 0.2) is 0 Å². The Morgan fingerprint density at radius 3 is 3.00 bits per heavy atom. The van der Waals surface area contributed by atoms with Crippen molar-refractivity contribution in [1.82, 2.24) is 4.90 Å².